The second kappa shape index (κ2) is 5.20. The predicted octanol–water partition coefficient (Wildman–Crippen LogP) is 3.67. The van der Waals surface area contributed by atoms with Crippen LogP contribution >= 0.6 is 0 Å². The molecule has 110 valence electrons. The number of hydrogen-bond acceptors (Lipinski definition) is 2. The van der Waals surface area contributed by atoms with Crippen LogP contribution in [0.25, 0.3) is 0 Å². The molecule has 0 atom stereocenters. The average molecular weight is 274 g/mol. The SMILES string of the molecule is CCc1cc(B2OC(C)(C)C(C)(C)O2)ccc1C(C)C. The highest BCUT2D eigenvalue weighted by molar-refractivity contribution is 6.62. The van der Waals surface area contributed by atoms with Gasteiger partial charge in [0.25, 0.3) is 0 Å². The second-order valence-corrected chi connectivity index (χ2v) is 7.05. The summed E-state index contributed by atoms with van der Waals surface area (Å²) in [7, 11) is -0.258. The Labute approximate surface area is 124 Å². The number of benzene rings is 1. The van der Waals surface area contributed by atoms with Gasteiger partial charge in [0, 0.05) is 0 Å². The molecule has 1 fully saturated rings. The zero-order chi connectivity index (χ0) is 15.1. The molecule has 0 radical (unpaired) electrons. The molecule has 0 aromatic heterocycles. The van der Waals surface area contributed by atoms with E-state index in [9.17, 15) is 0 Å². The monoisotopic (exact) mass is 274 g/mol. The van der Waals surface area contributed by atoms with Crippen LogP contribution in [0.1, 0.15) is 65.5 Å². The molecule has 0 unspecified atom stereocenters. The molecule has 0 amide bonds. The van der Waals surface area contributed by atoms with Crippen molar-refractivity contribution in [3.63, 3.8) is 0 Å². The first-order valence-corrected chi connectivity index (χ1v) is 7.66. The molecule has 1 heterocycles. The molecule has 2 nitrogen and oxygen atoms in total. The van der Waals surface area contributed by atoms with Gasteiger partial charge < -0.3 is 9.31 Å². The van der Waals surface area contributed by atoms with Gasteiger partial charge in [-0.2, -0.15) is 0 Å². The number of rotatable bonds is 3. The summed E-state index contributed by atoms with van der Waals surface area (Å²) in [5.74, 6) is 0.553. The van der Waals surface area contributed by atoms with Crippen LogP contribution in [0.5, 0.6) is 0 Å². The number of hydrogen-bond donors (Lipinski definition) is 0. The highest BCUT2D eigenvalue weighted by Gasteiger charge is 2.51. The Bertz CT molecular complexity index is 476. The van der Waals surface area contributed by atoms with Crippen molar-refractivity contribution in [3.05, 3.63) is 29.3 Å². The van der Waals surface area contributed by atoms with Crippen molar-refractivity contribution in [1.29, 1.82) is 0 Å². The third-order valence-electron chi connectivity index (χ3n) is 4.70. The van der Waals surface area contributed by atoms with Gasteiger partial charge in [0.1, 0.15) is 0 Å². The summed E-state index contributed by atoms with van der Waals surface area (Å²) >= 11 is 0. The molecule has 1 aliphatic heterocycles. The van der Waals surface area contributed by atoms with Crippen LogP contribution in [0.15, 0.2) is 18.2 Å². The largest absolute Gasteiger partial charge is 0.494 e. The Morgan fingerprint density at radius 2 is 1.60 bits per heavy atom. The summed E-state index contributed by atoms with van der Waals surface area (Å²) in [6, 6.07) is 6.62. The minimum Gasteiger partial charge on any atom is -0.399 e. The van der Waals surface area contributed by atoms with Crippen LogP contribution in [0.3, 0.4) is 0 Å². The van der Waals surface area contributed by atoms with E-state index in [-0.39, 0.29) is 18.3 Å². The third-order valence-corrected chi connectivity index (χ3v) is 4.70. The lowest BCUT2D eigenvalue weighted by Gasteiger charge is -2.32. The minimum atomic E-state index is -0.277. The molecule has 0 aliphatic carbocycles. The van der Waals surface area contributed by atoms with Gasteiger partial charge in [-0.15, -0.1) is 0 Å². The zero-order valence-electron chi connectivity index (χ0n) is 13.9. The molecule has 1 aromatic rings. The Balaban J connectivity index is 2.32. The fraction of sp³-hybridized carbons (Fsp3) is 0.647. The Morgan fingerprint density at radius 3 is 2.05 bits per heavy atom. The van der Waals surface area contributed by atoms with E-state index >= 15 is 0 Å². The molecule has 2 rings (SSSR count). The normalized spacial score (nSPS) is 20.7. The van der Waals surface area contributed by atoms with Crippen molar-refractivity contribution in [1.82, 2.24) is 0 Å². The summed E-state index contributed by atoms with van der Waals surface area (Å²) < 4.78 is 12.3. The predicted molar refractivity (Wildman–Crippen MR) is 85.6 cm³/mol. The van der Waals surface area contributed by atoms with Crippen molar-refractivity contribution in [2.24, 2.45) is 0 Å². The van der Waals surface area contributed by atoms with Gasteiger partial charge in [-0.3, -0.25) is 0 Å². The summed E-state index contributed by atoms with van der Waals surface area (Å²) in [6.45, 7) is 15.1. The average Bonchev–Trinajstić information content (AvgIpc) is 2.57. The first-order valence-electron chi connectivity index (χ1n) is 7.66. The molecule has 3 heteroatoms. The first kappa shape index (κ1) is 15.6. The molecular weight excluding hydrogens is 247 g/mol. The lowest BCUT2D eigenvalue weighted by atomic mass is 9.76. The molecule has 1 saturated heterocycles. The molecule has 0 bridgehead atoms. The van der Waals surface area contributed by atoms with Crippen molar-refractivity contribution < 1.29 is 9.31 Å². The smallest absolute Gasteiger partial charge is 0.399 e. The first-order chi connectivity index (χ1) is 9.18. The Morgan fingerprint density at radius 1 is 1.05 bits per heavy atom. The Hall–Kier alpha value is -0.795. The standard InChI is InChI=1S/C17H27BO2/c1-8-13-11-14(9-10-15(13)12(2)3)18-19-16(4,5)17(6,7)20-18/h9-12H,8H2,1-7H3. The fourth-order valence-corrected chi connectivity index (χ4v) is 2.62. The Kier molecular flexibility index (Phi) is 4.05. The van der Waals surface area contributed by atoms with Crippen molar-refractivity contribution in [2.75, 3.05) is 0 Å². The molecule has 0 N–H and O–H groups in total. The molecule has 1 aromatic carbocycles. The lowest BCUT2D eigenvalue weighted by Crippen LogP contribution is -2.41. The van der Waals surface area contributed by atoms with E-state index in [1.54, 1.807) is 0 Å². The van der Waals surface area contributed by atoms with Gasteiger partial charge in [0.05, 0.1) is 11.2 Å². The maximum atomic E-state index is 6.13. The van der Waals surface area contributed by atoms with Crippen LogP contribution in [0, 0.1) is 0 Å². The fourth-order valence-electron chi connectivity index (χ4n) is 2.62. The second-order valence-electron chi connectivity index (χ2n) is 7.05. The van der Waals surface area contributed by atoms with E-state index in [1.807, 2.05) is 0 Å². The summed E-state index contributed by atoms with van der Waals surface area (Å²) in [5.41, 5.74) is 3.39. The molecule has 0 spiro atoms. The highest BCUT2D eigenvalue weighted by atomic mass is 16.7. The number of aryl methyl sites for hydroxylation is 1. The highest BCUT2D eigenvalue weighted by Crippen LogP contribution is 2.36. The van der Waals surface area contributed by atoms with E-state index in [0.29, 0.717) is 5.92 Å². The summed E-state index contributed by atoms with van der Waals surface area (Å²) in [5, 5.41) is 0. The van der Waals surface area contributed by atoms with Gasteiger partial charge in [-0.25, -0.2) is 0 Å². The summed E-state index contributed by atoms with van der Waals surface area (Å²) in [6.07, 6.45) is 1.04. The van der Waals surface area contributed by atoms with E-state index in [0.717, 1.165) is 11.9 Å². The maximum Gasteiger partial charge on any atom is 0.494 e. The molecule has 1 aliphatic rings. The van der Waals surface area contributed by atoms with Gasteiger partial charge >= 0.3 is 7.12 Å². The van der Waals surface area contributed by atoms with Crippen molar-refractivity contribution >= 4 is 12.6 Å². The van der Waals surface area contributed by atoms with Crippen LogP contribution in [0.2, 0.25) is 0 Å². The van der Waals surface area contributed by atoms with Gasteiger partial charge in [-0.1, -0.05) is 39.0 Å². The van der Waals surface area contributed by atoms with Crippen LogP contribution in [0.4, 0.5) is 0 Å². The van der Waals surface area contributed by atoms with Gasteiger partial charge in [0.15, 0.2) is 0 Å². The topological polar surface area (TPSA) is 18.5 Å². The third kappa shape index (κ3) is 2.66. The van der Waals surface area contributed by atoms with Gasteiger partial charge in [0.2, 0.25) is 0 Å². The van der Waals surface area contributed by atoms with E-state index in [1.165, 1.54) is 11.1 Å². The maximum absolute atomic E-state index is 6.13. The molecule has 20 heavy (non-hydrogen) atoms. The van der Waals surface area contributed by atoms with Crippen LogP contribution in [-0.4, -0.2) is 18.3 Å². The lowest BCUT2D eigenvalue weighted by molar-refractivity contribution is 0.00578. The van der Waals surface area contributed by atoms with Crippen molar-refractivity contribution in [3.8, 4) is 0 Å². The van der Waals surface area contributed by atoms with E-state index in [2.05, 4.69) is 66.7 Å². The van der Waals surface area contributed by atoms with E-state index < -0.39 is 0 Å². The van der Waals surface area contributed by atoms with Crippen molar-refractivity contribution in [2.45, 2.75) is 72.0 Å². The molecular formula is C17H27BO2. The minimum absolute atomic E-state index is 0.258. The summed E-state index contributed by atoms with van der Waals surface area (Å²) in [4.78, 5) is 0. The van der Waals surface area contributed by atoms with Gasteiger partial charge in [-0.05, 0) is 56.6 Å². The van der Waals surface area contributed by atoms with E-state index in [4.69, 9.17) is 9.31 Å². The van der Waals surface area contributed by atoms with Crippen LogP contribution in [-0.2, 0) is 15.7 Å². The quantitative estimate of drug-likeness (QED) is 0.783. The van der Waals surface area contributed by atoms with Crippen LogP contribution < -0.4 is 5.46 Å². The molecule has 0 saturated carbocycles. The zero-order valence-corrected chi connectivity index (χ0v) is 13.9.